The molecule has 26 heavy (non-hydrogen) atoms. The van der Waals surface area contributed by atoms with Crippen molar-refractivity contribution in [3.63, 3.8) is 0 Å². The summed E-state index contributed by atoms with van der Waals surface area (Å²) in [7, 11) is 1.68. The van der Waals surface area contributed by atoms with Gasteiger partial charge in [0.15, 0.2) is 0 Å². The molecule has 6 heteroatoms. The summed E-state index contributed by atoms with van der Waals surface area (Å²) in [6.07, 6.45) is 1.82. The molecule has 1 amide bonds. The summed E-state index contributed by atoms with van der Waals surface area (Å²) in [5, 5.41) is 0. The highest BCUT2D eigenvalue weighted by Gasteiger charge is 2.34. The van der Waals surface area contributed by atoms with Crippen molar-refractivity contribution >= 4 is 5.91 Å². The average Bonchev–Trinajstić information content (AvgIpc) is 3.05. The molecule has 2 aromatic rings. The molecule has 1 fully saturated rings. The van der Waals surface area contributed by atoms with Crippen LogP contribution in [0.25, 0.3) is 0 Å². The second-order valence-corrected chi connectivity index (χ2v) is 6.65. The highest BCUT2D eigenvalue weighted by molar-refractivity contribution is 5.74. The molecule has 3 rings (SSSR count). The van der Waals surface area contributed by atoms with Crippen molar-refractivity contribution < 1.29 is 14.3 Å². The first-order valence-corrected chi connectivity index (χ1v) is 8.78. The smallest absolute Gasteiger partial charge is 0.243 e. The maximum Gasteiger partial charge on any atom is 0.243 e. The molecule has 0 radical (unpaired) electrons. The van der Waals surface area contributed by atoms with Crippen molar-refractivity contribution in [3.8, 4) is 5.75 Å². The number of hydrogen-bond donors (Lipinski definition) is 1. The highest BCUT2D eigenvalue weighted by Crippen LogP contribution is 2.33. The lowest BCUT2D eigenvalue weighted by molar-refractivity contribution is -0.122. The first-order chi connectivity index (χ1) is 12.7. The topological polar surface area (TPSA) is 77.7 Å². The van der Waals surface area contributed by atoms with Gasteiger partial charge in [0.25, 0.3) is 0 Å². The number of nitrogens with two attached hydrogens (primary N) is 1. The van der Waals surface area contributed by atoms with E-state index >= 15 is 0 Å². The van der Waals surface area contributed by atoms with E-state index in [1.54, 1.807) is 7.11 Å². The van der Waals surface area contributed by atoms with Crippen LogP contribution < -0.4 is 10.5 Å². The fourth-order valence-corrected chi connectivity index (χ4v) is 3.53. The Morgan fingerprint density at radius 2 is 2.15 bits per heavy atom. The predicted molar refractivity (Wildman–Crippen MR) is 98.8 cm³/mol. The number of pyridine rings is 1. The van der Waals surface area contributed by atoms with Crippen LogP contribution in [0.2, 0.25) is 0 Å². The van der Waals surface area contributed by atoms with E-state index in [2.05, 4.69) is 28.1 Å². The molecule has 1 aromatic carbocycles. The van der Waals surface area contributed by atoms with Crippen LogP contribution in [0.1, 0.15) is 17.2 Å². The standard InChI is InChI=1S/C20H25N3O3/c1-25-17-6-4-5-15(9-17)10-23-11-16(13-26-14-20(21)24)18(12-23)19-7-2-3-8-22-19/h2-9,16,18H,10-14H2,1H3,(H2,21,24)/t16-,18+/m0/s1. The molecule has 2 heterocycles. The average molecular weight is 355 g/mol. The molecule has 0 bridgehead atoms. The minimum absolute atomic E-state index is 0.0404. The molecule has 1 aromatic heterocycles. The number of amides is 1. The van der Waals surface area contributed by atoms with Gasteiger partial charge in [-0.2, -0.15) is 0 Å². The Labute approximate surface area is 153 Å². The minimum Gasteiger partial charge on any atom is -0.497 e. The number of hydrogen-bond acceptors (Lipinski definition) is 5. The Kier molecular flexibility index (Phi) is 6.20. The number of aromatic nitrogens is 1. The van der Waals surface area contributed by atoms with Crippen LogP contribution in [0.5, 0.6) is 5.75 Å². The molecule has 0 saturated carbocycles. The molecule has 1 aliphatic heterocycles. The number of likely N-dealkylation sites (tertiary alicyclic amines) is 1. The molecule has 1 saturated heterocycles. The van der Waals surface area contributed by atoms with Crippen molar-refractivity contribution in [1.29, 1.82) is 0 Å². The van der Waals surface area contributed by atoms with E-state index in [1.165, 1.54) is 5.56 Å². The van der Waals surface area contributed by atoms with Crippen molar-refractivity contribution in [2.75, 3.05) is 33.4 Å². The van der Waals surface area contributed by atoms with E-state index in [0.717, 1.165) is 31.1 Å². The molecule has 0 aliphatic carbocycles. The molecule has 0 spiro atoms. The first kappa shape index (κ1) is 18.4. The lowest BCUT2D eigenvalue weighted by Crippen LogP contribution is -2.24. The lowest BCUT2D eigenvalue weighted by atomic mass is 9.93. The number of carbonyl (C=O) groups excluding carboxylic acids is 1. The summed E-state index contributed by atoms with van der Waals surface area (Å²) >= 11 is 0. The number of nitrogens with zero attached hydrogens (tertiary/aromatic N) is 2. The first-order valence-electron chi connectivity index (χ1n) is 8.78. The summed E-state index contributed by atoms with van der Waals surface area (Å²) in [6, 6.07) is 14.1. The Morgan fingerprint density at radius 3 is 2.88 bits per heavy atom. The normalized spacial score (nSPS) is 20.2. The zero-order chi connectivity index (χ0) is 18.4. The maximum absolute atomic E-state index is 11.0. The fraction of sp³-hybridized carbons (Fsp3) is 0.400. The molecule has 138 valence electrons. The van der Waals surface area contributed by atoms with Crippen molar-refractivity contribution in [3.05, 3.63) is 59.9 Å². The second kappa shape index (κ2) is 8.78. The van der Waals surface area contributed by atoms with Gasteiger partial charge in [-0.15, -0.1) is 0 Å². The van der Waals surface area contributed by atoms with Crippen LogP contribution in [0, 0.1) is 5.92 Å². The monoisotopic (exact) mass is 355 g/mol. The third-order valence-electron chi connectivity index (χ3n) is 4.70. The number of carbonyl (C=O) groups is 1. The zero-order valence-electron chi connectivity index (χ0n) is 15.0. The molecule has 2 N–H and O–H groups in total. The van der Waals surface area contributed by atoms with Gasteiger partial charge in [-0.3, -0.25) is 14.7 Å². The largest absolute Gasteiger partial charge is 0.497 e. The summed E-state index contributed by atoms with van der Waals surface area (Å²) in [4.78, 5) is 17.9. The molecular formula is C20H25N3O3. The van der Waals surface area contributed by atoms with Crippen LogP contribution in [-0.4, -0.2) is 49.2 Å². The van der Waals surface area contributed by atoms with E-state index in [-0.39, 0.29) is 18.4 Å². The van der Waals surface area contributed by atoms with Gasteiger partial charge in [-0.05, 0) is 29.8 Å². The Morgan fingerprint density at radius 1 is 1.27 bits per heavy atom. The lowest BCUT2D eigenvalue weighted by Gasteiger charge is -2.17. The number of rotatable bonds is 8. The third kappa shape index (κ3) is 4.80. The van der Waals surface area contributed by atoms with E-state index in [0.29, 0.717) is 6.61 Å². The van der Waals surface area contributed by atoms with Crippen LogP contribution in [0.3, 0.4) is 0 Å². The van der Waals surface area contributed by atoms with Crippen molar-refractivity contribution in [1.82, 2.24) is 9.88 Å². The Bertz CT molecular complexity index is 723. The van der Waals surface area contributed by atoms with Crippen LogP contribution in [-0.2, 0) is 16.1 Å². The number of primary amides is 1. The van der Waals surface area contributed by atoms with E-state index in [4.69, 9.17) is 15.2 Å². The van der Waals surface area contributed by atoms with Gasteiger partial charge in [0.1, 0.15) is 12.4 Å². The predicted octanol–water partition coefficient (Wildman–Crippen LogP) is 1.81. The third-order valence-corrected chi connectivity index (χ3v) is 4.70. The quantitative estimate of drug-likeness (QED) is 0.781. The Balaban J connectivity index is 1.69. The molecule has 1 aliphatic rings. The van der Waals surface area contributed by atoms with Crippen molar-refractivity contribution in [2.24, 2.45) is 11.7 Å². The molecule has 0 unspecified atom stereocenters. The van der Waals surface area contributed by atoms with E-state index in [1.807, 2.05) is 30.5 Å². The van der Waals surface area contributed by atoms with Gasteiger partial charge in [0.05, 0.1) is 13.7 Å². The van der Waals surface area contributed by atoms with Gasteiger partial charge in [0.2, 0.25) is 5.91 Å². The van der Waals surface area contributed by atoms with Crippen molar-refractivity contribution in [2.45, 2.75) is 12.5 Å². The van der Waals surface area contributed by atoms with Gasteiger partial charge in [0, 0.05) is 43.4 Å². The highest BCUT2D eigenvalue weighted by atomic mass is 16.5. The molecule has 2 atom stereocenters. The number of benzene rings is 1. The zero-order valence-corrected chi connectivity index (χ0v) is 15.0. The van der Waals surface area contributed by atoms with Crippen LogP contribution in [0.4, 0.5) is 0 Å². The van der Waals surface area contributed by atoms with Gasteiger partial charge < -0.3 is 15.2 Å². The Hall–Kier alpha value is -2.44. The second-order valence-electron chi connectivity index (χ2n) is 6.65. The summed E-state index contributed by atoms with van der Waals surface area (Å²) in [6.45, 7) is 3.09. The molecule has 6 nitrogen and oxygen atoms in total. The van der Waals surface area contributed by atoms with Crippen LogP contribution >= 0.6 is 0 Å². The summed E-state index contributed by atoms with van der Waals surface area (Å²) in [5.74, 6) is 0.972. The van der Waals surface area contributed by atoms with Gasteiger partial charge >= 0.3 is 0 Å². The number of methoxy groups -OCH3 is 1. The molecular weight excluding hydrogens is 330 g/mol. The van der Waals surface area contributed by atoms with Crippen LogP contribution in [0.15, 0.2) is 48.7 Å². The fourth-order valence-electron chi connectivity index (χ4n) is 3.53. The summed E-state index contributed by atoms with van der Waals surface area (Å²) in [5.41, 5.74) is 7.46. The van der Waals surface area contributed by atoms with E-state index in [9.17, 15) is 4.79 Å². The maximum atomic E-state index is 11.0. The summed E-state index contributed by atoms with van der Waals surface area (Å²) < 4.78 is 10.8. The van der Waals surface area contributed by atoms with Gasteiger partial charge in [-0.25, -0.2) is 0 Å². The minimum atomic E-state index is -0.439. The van der Waals surface area contributed by atoms with E-state index < -0.39 is 5.91 Å². The number of ether oxygens (including phenoxy) is 2. The SMILES string of the molecule is COc1cccc(CN2C[C@@H](COCC(N)=O)[C@H](c3ccccn3)C2)c1. The van der Waals surface area contributed by atoms with Gasteiger partial charge in [-0.1, -0.05) is 18.2 Å².